The van der Waals surface area contributed by atoms with Gasteiger partial charge in [-0.1, -0.05) is 13.0 Å². The van der Waals surface area contributed by atoms with Crippen molar-refractivity contribution in [2.45, 2.75) is 32.4 Å². The van der Waals surface area contributed by atoms with Crippen LogP contribution < -0.4 is 5.73 Å². The number of anilines is 1. The molecule has 1 unspecified atom stereocenters. The minimum atomic E-state index is -0.188. The van der Waals surface area contributed by atoms with Crippen molar-refractivity contribution in [2.75, 3.05) is 32.4 Å². The fourth-order valence-corrected chi connectivity index (χ4v) is 2.83. The SMILES string of the molecule is CCC1CN(C)CCCN1Cc1c(N)cccc1F. The molecule has 1 aliphatic rings. The monoisotopic (exact) mass is 265 g/mol. The number of halogens is 1. The highest BCUT2D eigenvalue weighted by atomic mass is 19.1. The highest BCUT2D eigenvalue weighted by Crippen LogP contribution is 2.21. The molecule has 1 heterocycles. The average molecular weight is 265 g/mol. The highest BCUT2D eigenvalue weighted by Gasteiger charge is 2.23. The molecule has 0 amide bonds. The predicted molar refractivity (Wildman–Crippen MR) is 77.4 cm³/mol. The molecule has 0 radical (unpaired) electrons. The fraction of sp³-hybridized carbons (Fsp3) is 0.600. The van der Waals surface area contributed by atoms with Crippen LogP contribution in [-0.2, 0) is 6.54 Å². The van der Waals surface area contributed by atoms with Crippen molar-refractivity contribution >= 4 is 5.69 Å². The molecule has 19 heavy (non-hydrogen) atoms. The van der Waals surface area contributed by atoms with Crippen LogP contribution in [0.15, 0.2) is 18.2 Å². The summed E-state index contributed by atoms with van der Waals surface area (Å²) in [6.45, 7) is 5.98. The van der Waals surface area contributed by atoms with Gasteiger partial charge in [0.25, 0.3) is 0 Å². The molecule has 0 spiro atoms. The molecule has 1 atom stereocenters. The number of rotatable bonds is 3. The molecular formula is C15H24FN3. The normalized spacial score (nSPS) is 22.4. The van der Waals surface area contributed by atoms with Gasteiger partial charge in [0.2, 0.25) is 0 Å². The van der Waals surface area contributed by atoms with Crippen molar-refractivity contribution in [1.82, 2.24) is 9.80 Å². The Morgan fingerprint density at radius 3 is 2.84 bits per heavy atom. The lowest BCUT2D eigenvalue weighted by Crippen LogP contribution is -2.39. The molecule has 4 heteroatoms. The number of hydrogen-bond donors (Lipinski definition) is 1. The zero-order valence-corrected chi connectivity index (χ0v) is 11.9. The Hall–Kier alpha value is -1.13. The van der Waals surface area contributed by atoms with Crippen LogP contribution in [0, 0.1) is 5.82 Å². The molecule has 0 aromatic heterocycles. The predicted octanol–water partition coefficient (Wildman–Crippen LogP) is 2.32. The van der Waals surface area contributed by atoms with Crippen LogP contribution in [0.5, 0.6) is 0 Å². The van der Waals surface area contributed by atoms with Crippen molar-refractivity contribution in [2.24, 2.45) is 0 Å². The first-order valence-corrected chi connectivity index (χ1v) is 7.07. The lowest BCUT2D eigenvalue weighted by molar-refractivity contribution is 0.174. The second-order valence-corrected chi connectivity index (χ2v) is 5.46. The summed E-state index contributed by atoms with van der Waals surface area (Å²) < 4.78 is 13.9. The Bertz CT molecular complexity index is 402. The maximum Gasteiger partial charge on any atom is 0.129 e. The quantitative estimate of drug-likeness (QED) is 0.851. The molecule has 1 aliphatic heterocycles. The van der Waals surface area contributed by atoms with E-state index in [0.29, 0.717) is 23.8 Å². The van der Waals surface area contributed by atoms with Gasteiger partial charge in [0, 0.05) is 36.9 Å². The largest absolute Gasteiger partial charge is 0.398 e. The maximum absolute atomic E-state index is 13.9. The molecule has 1 aromatic carbocycles. The zero-order chi connectivity index (χ0) is 13.8. The Morgan fingerprint density at radius 2 is 2.16 bits per heavy atom. The van der Waals surface area contributed by atoms with Crippen molar-refractivity contribution in [1.29, 1.82) is 0 Å². The van der Waals surface area contributed by atoms with E-state index in [1.807, 2.05) is 0 Å². The molecule has 0 aliphatic carbocycles. The van der Waals surface area contributed by atoms with E-state index in [4.69, 9.17) is 5.73 Å². The first kappa shape index (κ1) is 14.3. The molecule has 3 nitrogen and oxygen atoms in total. The van der Waals surface area contributed by atoms with Crippen LogP contribution in [0.1, 0.15) is 25.3 Å². The number of nitrogens with two attached hydrogens (primary N) is 1. The summed E-state index contributed by atoms with van der Waals surface area (Å²) in [7, 11) is 2.16. The molecular weight excluding hydrogens is 241 g/mol. The molecule has 0 saturated carbocycles. The lowest BCUT2D eigenvalue weighted by atomic mass is 10.1. The standard InChI is InChI=1S/C15H24FN3/c1-3-12-10-18(2)8-5-9-19(12)11-13-14(16)6-4-7-15(13)17/h4,6-7,12H,3,5,8-11,17H2,1-2H3. The van der Waals surface area contributed by atoms with Crippen molar-refractivity contribution in [3.05, 3.63) is 29.6 Å². The first-order chi connectivity index (χ1) is 9.11. The van der Waals surface area contributed by atoms with Gasteiger partial charge in [-0.3, -0.25) is 4.90 Å². The minimum Gasteiger partial charge on any atom is -0.398 e. The van der Waals surface area contributed by atoms with Crippen LogP contribution >= 0.6 is 0 Å². The summed E-state index contributed by atoms with van der Waals surface area (Å²) in [5.41, 5.74) is 7.12. The Kier molecular flexibility index (Phi) is 4.77. The van der Waals surface area contributed by atoms with Crippen LogP contribution in [0.4, 0.5) is 10.1 Å². The Balaban J connectivity index is 2.16. The Morgan fingerprint density at radius 1 is 1.37 bits per heavy atom. The van der Waals surface area contributed by atoms with Crippen LogP contribution in [0.3, 0.4) is 0 Å². The van der Waals surface area contributed by atoms with E-state index < -0.39 is 0 Å². The smallest absolute Gasteiger partial charge is 0.129 e. The van der Waals surface area contributed by atoms with Crippen LogP contribution in [0.2, 0.25) is 0 Å². The molecule has 1 fully saturated rings. The van der Waals surface area contributed by atoms with Gasteiger partial charge in [-0.15, -0.1) is 0 Å². The molecule has 1 aromatic rings. The van der Waals surface area contributed by atoms with Gasteiger partial charge in [0.1, 0.15) is 5.82 Å². The molecule has 106 valence electrons. The first-order valence-electron chi connectivity index (χ1n) is 7.07. The number of nitrogens with zero attached hydrogens (tertiary/aromatic N) is 2. The van der Waals surface area contributed by atoms with Gasteiger partial charge in [0.05, 0.1) is 0 Å². The van der Waals surface area contributed by atoms with E-state index in [1.54, 1.807) is 12.1 Å². The van der Waals surface area contributed by atoms with Crippen molar-refractivity contribution in [3.8, 4) is 0 Å². The van der Waals surface area contributed by atoms with E-state index in [2.05, 4.69) is 23.8 Å². The number of nitrogen functional groups attached to an aromatic ring is 1. The molecule has 0 bridgehead atoms. The van der Waals surface area contributed by atoms with E-state index in [0.717, 1.165) is 32.5 Å². The summed E-state index contributed by atoms with van der Waals surface area (Å²) in [5.74, 6) is -0.188. The van der Waals surface area contributed by atoms with Crippen molar-refractivity contribution in [3.63, 3.8) is 0 Å². The summed E-state index contributed by atoms with van der Waals surface area (Å²) in [4.78, 5) is 4.73. The summed E-state index contributed by atoms with van der Waals surface area (Å²) in [6.07, 6.45) is 2.21. The molecule has 2 N–H and O–H groups in total. The molecule has 2 rings (SSSR count). The number of benzene rings is 1. The number of likely N-dealkylation sites (N-methyl/N-ethyl adjacent to an activating group) is 1. The van der Waals surface area contributed by atoms with Crippen LogP contribution in [-0.4, -0.2) is 42.5 Å². The van der Waals surface area contributed by atoms with Gasteiger partial charge in [-0.2, -0.15) is 0 Å². The fourth-order valence-electron chi connectivity index (χ4n) is 2.83. The van der Waals surface area contributed by atoms with Gasteiger partial charge < -0.3 is 10.6 Å². The topological polar surface area (TPSA) is 32.5 Å². The van der Waals surface area contributed by atoms with Crippen LogP contribution in [0.25, 0.3) is 0 Å². The third-order valence-corrected chi connectivity index (χ3v) is 4.01. The van der Waals surface area contributed by atoms with E-state index in [1.165, 1.54) is 6.07 Å². The number of hydrogen-bond acceptors (Lipinski definition) is 3. The second-order valence-electron chi connectivity index (χ2n) is 5.46. The van der Waals surface area contributed by atoms with E-state index in [9.17, 15) is 4.39 Å². The highest BCUT2D eigenvalue weighted by molar-refractivity contribution is 5.47. The van der Waals surface area contributed by atoms with Gasteiger partial charge in [-0.25, -0.2) is 4.39 Å². The van der Waals surface area contributed by atoms with Gasteiger partial charge in [-0.05, 0) is 38.6 Å². The summed E-state index contributed by atoms with van der Waals surface area (Å²) in [6, 6.07) is 5.42. The Labute approximate surface area is 115 Å². The average Bonchev–Trinajstić information content (AvgIpc) is 2.55. The molecule has 1 saturated heterocycles. The maximum atomic E-state index is 13.9. The summed E-state index contributed by atoms with van der Waals surface area (Å²) >= 11 is 0. The third-order valence-electron chi connectivity index (χ3n) is 4.01. The third kappa shape index (κ3) is 3.45. The second kappa shape index (κ2) is 6.35. The van der Waals surface area contributed by atoms with E-state index >= 15 is 0 Å². The van der Waals surface area contributed by atoms with Gasteiger partial charge in [0.15, 0.2) is 0 Å². The van der Waals surface area contributed by atoms with Crippen molar-refractivity contribution < 1.29 is 4.39 Å². The van der Waals surface area contributed by atoms with E-state index in [-0.39, 0.29) is 5.82 Å². The summed E-state index contributed by atoms with van der Waals surface area (Å²) in [5, 5.41) is 0. The zero-order valence-electron chi connectivity index (χ0n) is 11.9. The lowest BCUT2D eigenvalue weighted by Gasteiger charge is -2.30. The van der Waals surface area contributed by atoms with Gasteiger partial charge >= 0.3 is 0 Å². The minimum absolute atomic E-state index is 0.188.